The molecule has 0 unspecified atom stereocenters. The number of fused-ring (bicyclic) bond motifs is 1. The molecule has 0 saturated heterocycles. The minimum absolute atomic E-state index is 0.0528. The van der Waals surface area contributed by atoms with Crippen molar-refractivity contribution in [3.63, 3.8) is 0 Å². The number of β-amino-alcohol motifs (C(OH)–C–C–N with tert-alkyl or cyclic N) is 1. The van der Waals surface area contributed by atoms with Crippen molar-refractivity contribution in [1.29, 1.82) is 0 Å². The molecule has 5 nitrogen and oxygen atoms in total. The standard InChI is InChI=1S/C21H27N3O2/c1-3-4-8-17(25)13-24-10-9-19-18(14-24)21(26)23-20(22-19)12-16-7-5-6-15(2)11-16/h3,5-7,11,17,25H,1,4,8-10,12-14H2,2H3,(H,22,23,26)/t17-/m1/s1. The first-order chi connectivity index (χ1) is 12.5. The van der Waals surface area contributed by atoms with E-state index in [1.807, 2.05) is 12.1 Å². The van der Waals surface area contributed by atoms with Gasteiger partial charge in [-0.1, -0.05) is 35.9 Å². The number of aliphatic hydroxyl groups is 1. The van der Waals surface area contributed by atoms with E-state index >= 15 is 0 Å². The van der Waals surface area contributed by atoms with Gasteiger partial charge in [-0.15, -0.1) is 6.58 Å². The van der Waals surface area contributed by atoms with Gasteiger partial charge < -0.3 is 10.1 Å². The van der Waals surface area contributed by atoms with Crippen molar-refractivity contribution in [3.05, 3.63) is 75.5 Å². The number of rotatable bonds is 7. The van der Waals surface area contributed by atoms with Crippen molar-refractivity contribution in [1.82, 2.24) is 14.9 Å². The summed E-state index contributed by atoms with van der Waals surface area (Å²) in [5.74, 6) is 0.721. The van der Waals surface area contributed by atoms with E-state index in [0.717, 1.165) is 42.0 Å². The molecular formula is C21H27N3O2. The van der Waals surface area contributed by atoms with Gasteiger partial charge in [-0.05, 0) is 25.3 Å². The van der Waals surface area contributed by atoms with Gasteiger partial charge in [-0.2, -0.15) is 0 Å². The SMILES string of the molecule is C=CCC[C@@H](O)CN1CCc2nc(Cc3cccc(C)c3)[nH]c(=O)c2C1. The molecule has 5 heteroatoms. The quantitative estimate of drug-likeness (QED) is 0.750. The summed E-state index contributed by atoms with van der Waals surface area (Å²) in [6, 6.07) is 8.26. The fourth-order valence-electron chi connectivity index (χ4n) is 3.49. The second-order valence-corrected chi connectivity index (χ2v) is 7.11. The molecule has 2 N–H and O–H groups in total. The molecule has 0 amide bonds. The summed E-state index contributed by atoms with van der Waals surface area (Å²) in [5.41, 5.74) is 3.93. The van der Waals surface area contributed by atoms with Gasteiger partial charge in [0.25, 0.3) is 5.56 Å². The Kier molecular flexibility index (Phi) is 6.01. The Morgan fingerprint density at radius 3 is 3.08 bits per heavy atom. The highest BCUT2D eigenvalue weighted by Gasteiger charge is 2.22. The zero-order valence-corrected chi connectivity index (χ0v) is 15.4. The first-order valence-electron chi connectivity index (χ1n) is 9.23. The molecule has 0 aliphatic carbocycles. The van der Waals surface area contributed by atoms with E-state index in [1.54, 1.807) is 0 Å². The molecule has 138 valence electrons. The average Bonchev–Trinajstić information content (AvgIpc) is 2.60. The number of hydrogen-bond donors (Lipinski definition) is 2. The van der Waals surface area contributed by atoms with Crippen molar-refractivity contribution in [3.8, 4) is 0 Å². The maximum atomic E-state index is 12.5. The molecule has 1 aliphatic rings. The van der Waals surface area contributed by atoms with Gasteiger partial charge >= 0.3 is 0 Å². The molecule has 1 aromatic carbocycles. The lowest BCUT2D eigenvalue weighted by Gasteiger charge is -2.29. The normalized spacial score (nSPS) is 15.5. The lowest BCUT2D eigenvalue weighted by atomic mass is 10.0. The number of aryl methyl sites for hydroxylation is 1. The summed E-state index contributed by atoms with van der Waals surface area (Å²) in [7, 11) is 0. The van der Waals surface area contributed by atoms with Crippen LogP contribution in [0, 0.1) is 6.92 Å². The van der Waals surface area contributed by atoms with Crippen LogP contribution in [0.5, 0.6) is 0 Å². The summed E-state index contributed by atoms with van der Waals surface area (Å²) in [6.45, 7) is 7.69. The van der Waals surface area contributed by atoms with Crippen LogP contribution >= 0.6 is 0 Å². The van der Waals surface area contributed by atoms with Crippen molar-refractivity contribution in [2.24, 2.45) is 0 Å². The molecule has 2 heterocycles. The molecular weight excluding hydrogens is 326 g/mol. The molecule has 3 rings (SSSR count). The zero-order valence-electron chi connectivity index (χ0n) is 15.4. The van der Waals surface area contributed by atoms with Crippen molar-refractivity contribution in [2.75, 3.05) is 13.1 Å². The van der Waals surface area contributed by atoms with Gasteiger partial charge in [0.05, 0.1) is 17.4 Å². The molecule has 0 bridgehead atoms. The van der Waals surface area contributed by atoms with E-state index in [9.17, 15) is 9.90 Å². The Morgan fingerprint density at radius 2 is 2.31 bits per heavy atom. The van der Waals surface area contributed by atoms with Gasteiger partial charge in [0.15, 0.2) is 0 Å². The Hall–Kier alpha value is -2.24. The van der Waals surface area contributed by atoms with Crippen molar-refractivity contribution in [2.45, 2.75) is 45.3 Å². The number of benzene rings is 1. The smallest absolute Gasteiger partial charge is 0.255 e. The number of H-pyrrole nitrogens is 1. The first kappa shape index (κ1) is 18.5. The first-order valence-corrected chi connectivity index (χ1v) is 9.23. The molecule has 1 aromatic heterocycles. The van der Waals surface area contributed by atoms with Crippen LogP contribution in [0.1, 0.15) is 41.1 Å². The van der Waals surface area contributed by atoms with Crippen LogP contribution in [0.2, 0.25) is 0 Å². The van der Waals surface area contributed by atoms with Gasteiger partial charge in [-0.25, -0.2) is 4.98 Å². The molecule has 0 radical (unpaired) electrons. The molecule has 0 spiro atoms. The van der Waals surface area contributed by atoms with E-state index in [-0.39, 0.29) is 11.7 Å². The molecule has 0 fully saturated rings. The third-order valence-electron chi connectivity index (χ3n) is 4.82. The predicted molar refractivity (Wildman–Crippen MR) is 103 cm³/mol. The molecule has 2 aromatic rings. The van der Waals surface area contributed by atoms with Gasteiger partial charge in [0, 0.05) is 32.5 Å². The highest BCUT2D eigenvalue weighted by Crippen LogP contribution is 2.16. The Morgan fingerprint density at radius 1 is 1.46 bits per heavy atom. The summed E-state index contributed by atoms with van der Waals surface area (Å²) in [5, 5.41) is 10.1. The third kappa shape index (κ3) is 4.68. The van der Waals surface area contributed by atoms with Gasteiger partial charge in [0.2, 0.25) is 0 Å². The summed E-state index contributed by atoms with van der Waals surface area (Å²) in [4.78, 5) is 22.3. The maximum Gasteiger partial charge on any atom is 0.255 e. The topological polar surface area (TPSA) is 69.2 Å². The third-order valence-corrected chi connectivity index (χ3v) is 4.82. The van der Waals surface area contributed by atoms with Crippen LogP contribution in [0.25, 0.3) is 0 Å². The van der Waals surface area contributed by atoms with E-state index in [0.29, 0.717) is 25.9 Å². The highest BCUT2D eigenvalue weighted by molar-refractivity contribution is 5.27. The fourth-order valence-corrected chi connectivity index (χ4v) is 3.49. The Balaban J connectivity index is 1.70. The van der Waals surface area contributed by atoms with Crippen LogP contribution in [0.15, 0.2) is 41.7 Å². The molecule has 1 aliphatic heterocycles. The monoisotopic (exact) mass is 353 g/mol. The number of nitrogens with zero attached hydrogens (tertiary/aromatic N) is 2. The number of nitrogens with one attached hydrogen (secondary N) is 1. The van der Waals surface area contributed by atoms with E-state index in [2.05, 4.69) is 41.6 Å². The predicted octanol–water partition coefficient (Wildman–Crippen LogP) is 2.35. The lowest BCUT2D eigenvalue weighted by Crippen LogP contribution is -2.40. The van der Waals surface area contributed by atoms with E-state index < -0.39 is 0 Å². The van der Waals surface area contributed by atoms with Gasteiger partial charge in [-0.3, -0.25) is 9.69 Å². The zero-order chi connectivity index (χ0) is 18.5. The number of aromatic amines is 1. The second-order valence-electron chi connectivity index (χ2n) is 7.11. The molecule has 0 saturated carbocycles. The minimum Gasteiger partial charge on any atom is -0.392 e. The Labute approximate surface area is 154 Å². The largest absolute Gasteiger partial charge is 0.392 e. The summed E-state index contributed by atoms with van der Waals surface area (Å²) < 4.78 is 0. The molecule has 26 heavy (non-hydrogen) atoms. The minimum atomic E-state index is -0.387. The van der Waals surface area contributed by atoms with Crippen molar-refractivity contribution < 1.29 is 5.11 Å². The second kappa shape index (κ2) is 8.43. The number of aliphatic hydroxyl groups excluding tert-OH is 1. The number of hydrogen-bond acceptors (Lipinski definition) is 4. The van der Waals surface area contributed by atoms with Crippen LogP contribution in [-0.2, 0) is 19.4 Å². The fraction of sp³-hybridized carbons (Fsp3) is 0.429. The lowest BCUT2D eigenvalue weighted by molar-refractivity contribution is 0.0986. The maximum absolute atomic E-state index is 12.5. The van der Waals surface area contributed by atoms with Crippen LogP contribution in [0.3, 0.4) is 0 Å². The van der Waals surface area contributed by atoms with E-state index in [1.165, 1.54) is 5.56 Å². The Bertz CT molecular complexity index is 828. The highest BCUT2D eigenvalue weighted by atomic mass is 16.3. The van der Waals surface area contributed by atoms with Crippen LogP contribution in [0.4, 0.5) is 0 Å². The van der Waals surface area contributed by atoms with Gasteiger partial charge in [0.1, 0.15) is 5.82 Å². The molecule has 1 atom stereocenters. The summed E-state index contributed by atoms with van der Waals surface area (Å²) >= 11 is 0. The van der Waals surface area contributed by atoms with Crippen molar-refractivity contribution >= 4 is 0 Å². The van der Waals surface area contributed by atoms with Crippen LogP contribution < -0.4 is 5.56 Å². The van der Waals surface area contributed by atoms with E-state index in [4.69, 9.17) is 4.98 Å². The number of aromatic nitrogens is 2. The summed E-state index contributed by atoms with van der Waals surface area (Å²) in [6.07, 6.45) is 4.32. The number of allylic oxidation sites excluding steroid dienone is 1. The van der Waals surface area contributed by atoms with Crippen LogP contribution in [-0.4, -0.2) is 39.2 Å². The average molecular weight is 353 g/mol.